The van der Waals surface area contributed by atoms with Gasteiger partial charge in [-0.25, -0.2) is 9.78 Å². The number of para-hydroxylation sites is 1. The lowest BCUT2D eigenvalue weighted by molar-refractivity contribution is -0.129. The predicted octanol–water partition coefficient (Wildman–Crippen LogP) is 5.08. The maximum atomic E-state index is 14.1. The molecule has 3 aliphatic heterocycles. The Bertz CT molecular complexity index is 1390. The van der Waals surface area contributed by atoms with Gasteiger partial charge in [0.15, 0.2) is 0 Å². The minimum absolute atomic E-state index is 0.0580. The number of rotatable bonds is 6. The SMILES string of the molecule is C[C@@H]1CN(CC(=O)N2CC(C)(C)c3cnc(Oc4ccccc4Cl)cc32)[C@@H](CN2CCCC2=O)CN1C(=O)OC(C)(C)C. The molecule has 11 heteroatoms. The highest BCUT2D eigenvalue weighted by Crippen LogP contribution is 2.42. The number of carbonyl (C=O) groups excluding carboxylic acids is 3. The molecular weight excluding hydrogens is 570 g/mol. The van der Waals surface area contributed by atoms with Crippen molar-refractivity contribution in [1.29, 1.82) is 0 Å². The smallest absolute Gasteiger partial charge is 0.410 e. The number of likely N-dealkylation sites (tertiary alicyclic amines) is 1. The maximum Gasteiger partial charge on any atom is 0.410 e. The van der Waals surface area contributed by atoms with E-state index in [0.717, 1.165) is 17.7 Å². The summed E-state index contributed by atoms with van der Waals surface area (Å²) < 4.78 is 11.7. The van der Waals surface area contributed by atoms with Crippen molar-refractivity contribution in [2.45, 2.75) is 77.5 Å². The van der Waals surface area contributed by atoms with Gasteiger partial charge in [0.05, 0.1) is 17.3 Å². The molecule has 4 heterocycles. The molecule has 5 rings (SSSR count). The van der Waals surface area contributed by atoms with E-state index >= 15 is 0 Å². The molecule has 2 atom stereocenters. The molecule has 1 aromatic heterocycles. The predicted molar refractivity (Wildman–Crippen MR) is 165 cm³/mol. The van der Waals surface area contributed by atoms with Crippen LogP contribution in [0.1, 0.15) is 59.9 Å². The summed E-state index contributed by atoms with van der Waals surface area (Å²) in [4.78, 5) is 51.7. The van der Waals surface area contributed by atoms with E-state index in [1.807, 2.05) is 44.7 Å². The third-order valence-electron chi connectivity index (χ3n) is 8.31. The molecule has 0 bridgehead atoms. The number of hydrogen-bond donors (Lipinski definition) is 0. The molecule has 0 saturated carbocycles. The van der Waals surface area contributed by atoms with Crippen molar-refractivity contribution >= 4 is 35.2 Å². The number of halogens is 1. The highest BCUT2D eigenvalue weighted by atomic mass is 35.5. The molecule has 0 aliphatic carbocycles. The third kappa shape index (κ3) is 6.91. The standard InChI is InChI=1S/C32H42ClN5O5/c1-21-16-36(22(17-35-13-9-12-28(35)39)18-37(21)30(41)43-31(2,3)4)19-29(40)38-20-32(5,6)23-15-34-27(14-25(23)38)42-26-11-8-7-10-24(26)33/h7-8,10-11,14-15,21-22H,9,12-13,16-20H2,1-6H3/t21-,22+/m1/s1. The number of fused-ring (bicyclic) bond motifs is 1. The fraction of sp³-hybridized carbons (Fsp3) is 0.562. The van der Waals surface area contributed by atoms with Crippen LogP contribution in [0.25, 0.3) is 0 Å². The molecule has 1 aromatic carbocycles. The first kappa shape index (κ1) is 31.1. The summed E-state index contributed by atoms with van der Waals surface area (Å²) in [6, 6.07) is 8.61. The van der Waals surface area contributed by atoms with E-state index < -0.39 is 5.60 Å². The molecule has 0 unspecified atom stereocenters. The van der Waals surface area contributed by atoms with Crippen LogP contribution in [0.15, 0.2) is 36.5 Å². The number of aromatic nitrogens is 1. The Hall–Kier alpha value is -3.37. The molecule has 232 valence electrons. The first-order valence-corrected chi connectivity index (χ1v) is 15.3. The van der Waals surface area contributed by atoms with Crippen molar-refractivity contribution in [3.8, 4) is 11.6 Å². The molecule has 3 amide bonds. The lowest BCUT2D eigenvalue weighted by Crippen LogP contribution is -2.63. The van der Waals surface area contributed by atoms with Gasteiger partial charge >= 0.3 is 6.09 Å². The van der Waals surface area contributed by atoms with E-state index in [9.17, 15) is 14.4 Å². The normalized spacial score (nSPS) is 22.1. The highest BCUT2D eigenvalue weighted by Gasteiger charge is 2.42. The van der Waals surface area contributed by atoms with Crippen LogP contribution in [-0.2, 0) is 19.7 Å². The van der Waals surface area contributed by atoms with E-state index in [4.69, 9.17) is 21.1 Å². The van der Waals surface area contributed by atoms with Crippen LogP contribution in [0.3, 0.4) is 0 Å². The average Bonchev–Trinajstić information content (AvgIpc) is 3.44. The summed E-state index contributed by atoms with van der Waals surface area (Å²) in [7, 11) is 0. The van der Waals surface area contributed by atoms with Crippen molar-refractivity contribution < 1.29 is 23.9 Å². The van der Waals surface area contributed by atoms with Gasteiger partial charge in [-0.05, 0) is 46.2 Å². The van der Waals surface area contributed by atoms with Crippen LogP contribution in [0.4, 0.5) is 10.5 Å². The van der Waals surface area contributed by atoms with Gasteiger partial charge in [0, 0.05) is 74.5 Å². The quantitative estimate of drug-likeness (QED) is 0.449. The second-order valence-corrected chi connectivity index (χ2v) is 13.9. The Balaban J connectivity index is 1.37. The molecule has 2 saturated heterocycles. The van der Waals surface area contributed by atoms with Gasteiger partial charge in [0.25, 0.3) is 0 Å². The van der Waals surface area contributed by atoms with Gasteiger partial charge < -0.3 is 24.2 Å². The lowest BCUT2D eigenvalue weighted by Gasteiger charge is -2.46. The zero-order valence-corrected chi connectivity index (χ0v) is 26.7. The summed E-state index contributed by atoms with van der Waals surface area (Å²) >= 11 is 6.30. The molecule has 43 heavy (non-hydrogen) atoms. The topological polar surface area (TPSA) is 95.5 Å². The number of ether oxygens (including phenoxy) is 2. The monoisotopic (exact) mass is 611 g/mol. The summed E-state index contributed by atoms with van der Waals surface area (Å²) in [5.41, 5.74) is 0.808. The first-order chi connectivity index (χ1) is 20.2. The van der Waals surface area contributed by atoms with E-state index in [0.29, 0.717) is 55.8 Å². The number of piperazine rings is 1. The number of nitrogens with zero attached hydrogens (tertiary/aromatic N) is 5. The Morgan fingerprint density at radius 2 is 1.91 bits per heavy atom. The van der Waals surface area contributed by atoms with Gasteiger partial charge in [-0.1, -0.05) is 37.6 Å². The van der Waals surface area contributed by atoms with Gasteiger partial charge in [-0.15, -0.1) is 0 Å². The number of anilines is 1. The van der Waals surface area contributed by atoms with Crippen LogP contribution in [0, 0.1) is 0 Å². The Morgan fingerprint density at radius 1 is 1.16 bits per heavy atom. The van der Waals surface area contributed by atoms with E-state index in [1.165, 1.54) is 0 Å². The van der Waals surface area contributed by atoms with Crippen LogP contribution in [0.5, 0.6) is 11.6 Å². The molecule has 0 N–H and O–H groups in total. The first-order valence-electron chi connectivity index (χ1n) is 15.0. The fourth-order valence-corrected chi connectivity index (χ4v) is 6.29. The lowest BCUT2D eigenvalue weighted by atomic mass is 9.88. The molecule has 0 radical (unpaired) electrons. The highest BCUT2D eigenvalue weighted by molar-refractivity contribution is 6.32. The number of carbonyl (C=O) groups is 3. The third-order valence-corrected chi connectivity index (χ3v) is 8.62. The van der Waals surface area contributed by atoms with Gasteiger partial charge in [0.1, 0.15) is 11.4 Å². The Morgan fingerprint density at radius 3 is 2.58 bits per heavy atom. The van der Waals surface area contributed by atoms with Crippen molar-refractivity contribution in [1.82, 2.24) is 19.7 Å². The summed E-state index contributed by atoms with van der Waals surface area (Å²) in [6.45, 7) is 14.4. The minimum Gasteiger partial charge on any atom is -0.444 e. The molecule has 2 fully saturated rings. The number of amides is 3. The van der Waals surface area contributed by atoms with Crippen molar-refractivity contribution in [3.63, 3.8) is 0 Å². The second-order valence-electron chi connectivity index (χ2n) is 13.4. The van der Waals surface area contributed by atoms with Gasteiger partial charge in [-0.3, -0.25) is 14.5 Å². The van der Waals surface area contributed by atoms with E-state index in [2.05, 4.69) is 23.7 Å². The van der Waals surface area contributed by atoms with Crippen molar-refractivity contribution in [3.05, 3.63) is 47.1 Å². The van der Waals surface area contributed by atoms with Gasteiger partial charge in [-0.2, -0.15) is 0 Å². The van der Waals surface area contributed by atoms with Crippen molar-refractivity contribution in [2.24, 2.45) is 0 Å². The van der Waals surface area contributed by atoms with Gasteiger partial charge in [0.2, 0.25) is 17.7 Å². The summed E-state index contributed by atoms with van der Waals surface area (Å²) in [6.07, 6.45) is 2.75. The second kappa shape index (κ2) is 12.0. The number of benzene rings is 1. The molecule has 2 aromatic rings. The summed E-state index contributed by atoms with van der Waals surface area (Å²) in [5, 5.41) is 0.472. The zero-order chi connectivity index (χ0) is 31.1. The number of hydrogen-bond acceptors (Lipinski definition) is 7. The van der Waals surface area contributed by atoms with E-state index in [-0.39, 0.29) is 42.0 Å². The van der Waals surface area contributed by atoms with E-state index in [1.54, 1.807) is 34.2 Å². The van der Waals surface area contributed by atoms with Crippen LogP contribution in [0.2, 0.25) is 5.02 Å². The molecular formula is C32H42ClN5O5. The summed E-state index contributed by atoms with van der Waals surface area (Å²) in [5.74, 6) is 0.898. The Labute approximate surface area is 258 Å². The molecule has 10 nitrogen and oxygen atoms in total. The average molecular weight is 612 g/mol. The number of pyridine rings is 1. The largest absolute Gasteiger partial charge is 0.444 e. The maximum absolute atomic E-state index is 14.1. The van der Waals surface area contributed by atoms with Crippen molar-refractivity contribution in [2.75, 3.05) is 44.2 Å². The minimum atomic E-state index is -0.621. The Kier molecular flexibility index (Phi) is 8.64. The van der Waals surface area contributed by atoms with Crippen LogP contribution < -0.4 is 9.64 Å². The van der Waals surface area contributed by atoms with Crippen LogP contribution in [-0.4, -0.2) is 94.5 Å². The molecule has 0 spiro atoms. The fourth-order valence-electron chi connectivity index (χ4n) is 6.12. The van der Waals surface area contributed by atoms with Crippen LogP contribution >= 0.6 is 11.6 Å². The molecule has 3 aliphatic rings. The zero-order valence-electron chi connectivity index (χ0n) is 25.9.